The van der Waals surface area contributed by atoms with Gasteiger partial charge in [-0.3, -0.25) is 9.56 Å². The van der Waals surface area contributed by atoms with Crippen LogP contribution in [0.15, 0.2) is 29.3 Å². The van der Waals surface area contributed by atoms with Crippen LogP contribution in [-0.4, -0.2) is 34.1 Å². The number of hydrogen-bond acceptors (Lipinski definition) is 4. The first-order valence-electron chi connectivity index (χ1n) is 7.22. The second-order valence-electron chi connectivity index (χ2n) is 5.33. The summed E-state index contributed by atoms with van der Waals surface area (Å²) >= 11 is 0. The SMILES string of the molecule is C1=NCc2nnc(N3CCCCC3)n2-c2ccccc21. The summed E-state index contributed by atoms with van der Waals surface area (Å²) in [4.78, 5) is 6.79. The highest BCUT2D eigenvalue weighted by molar-refractivity contribution is 5.85. The van der Waals surface area contributed by atoms with Crippen molar-refractivity contribution in [3.63, 3.8) is 0 Å². The number of aromatic nitrogens is 3. The molecule has 5 heteroatoms. The number of aliphatic imine (C=N–C) groups is 1. The Morgan fingerprint density at radius 2 is 1.80 bits per heavy atom. The van der Waals surface area contributed by atoms with E-state index in [0.717, 1.165) is 36.1 Å². The van der Waals surface area contributed by atoms with E-state index in [9.17, 15) is 0 Å². The molecule has 0 aliphatic carbocycles. The molecule has 4 rings (SSSR count). The van der Waals surface area contributed by atoms with Gasteiger partial charge in [0, 0.05) is 24.9 Å². The molecule has 5 nitrogen and oxygen atoms in total. The molecular formula is C15H17N5. The van der Waals surface area contributed by atoms with E-state index in [1.54, 1.807) is 0 Å². The summed E-state index contributed by atoms with van der Waals surface area (Å²) < 4.78 is 2.17. The molecule has 1 aromatic carbocycles. The minimum atomic E-state index is 0.593. The fourth-order valence-corrected chi connectivity index (χ4v) is 2.98. The van der Waals surface area contributed by atoms with E-state index in [4.69, 9.17) is 0 Å². The van der Waals surface area contributed by atoms with Crippen LogP contribution in [0.4, 0.5) is 5.95 Å². The second-order valence-corrected chi connectivity index (χ2v) is 5.33. The molecule has 1 saturated heterocycles. The van der Waals surface area contributed by atoms with Crippen LogP contribution in [0.25, 0.3) is 5.69 Å². The molecule has 0 atom stereocenters. The lowest BCUT2D eigenvalue weighted by Gasteiger charge is -2.28. The van der Waals surface area contributed by atoms with E-state index < -0.39 is 0 Å². The van der Waals surface area contributed by atoms with Crippen molar-refractivity contribution < 1.29 is 0 Å². The van der Waals surface area contributed by atoms with Crippen LogP contribution in [-0.2, 0) is 6.54 Å². The highest BCUT2D eigenvalue weighted by Gasteiger charge is 2.22. The van der Waals surface area contributed by atoms with Gasteiger partial charge in [0.2, 0.25) is 5.95 Å². The minimum absolute atomic E-state index is 0.593. The van der Waals surface area contributed by atoms with Crippen molar-refractivity contribution >= 4 is 12.2 Å². The molecule has 0 amide bonds. The molecule has 0 saturated carbocycles. The predicted molar refractivity (Wildman–Crippen MR) is 78.7 cm³/mol. The quantitative estimate of drug-likeness (QED) is 0.795. The molecule has 1 fully saturated rings. The molecule has 20 heavy (non-hydrogen) atoms. The van der Waals surface area contributed by atoms with Gasteiger partial charge in [-0.2, -0.15) is 0 Å². The van der Waals surface area contributed by atoms with Crippen LogP contribution in [0.2, 0.25) is 0 Å². The zero-order valence-electron chi connectivity index (χ0n) is 11.4. The van der Waals surface area contributed by atoms with Crippen LogP contribution in [0.1, 0.15) is 30.7 Å². The third-order valence-corrected chi connectivity index (χ3v) is 3.99. The number of rotatable bonds is 1. The molecule has 102 valence electrons. The number of nitrogens with zero attached hydrogens (tertiary/aromatic N) is 5. The molecule has 0 unspecified atom stereocenters. The Hall–Kier alpha value is -2.17. The monoisotopic (exact) mass is 267 g/mol. The zero-order valence-corrected chi connectivity index (χ0v) is 11.4. The van der Waals surface area contributed by atoms with Gasteiger partial charge < -0.3 is 4.90 Å². The van der Waals surface area contributed by atoms with Gasteiger partial charge in [-0.1, -0.05) is 18.2 Å². The number of benzene rings is 1. The van der Waals surface area contributed by atoms with Crippen LogP contribution < -0.4 is 4.90 Å². The first-order valence-corrected chi connectivity index (χ1v) is 7.22. The van der Waals surface area contributed by atoms with Gasteiger partial charge in [0.05, 0.1) is 12.2 Å². The average Bonchev–Trinajstić information content (AvgIpc) is 2.84. The number of para-hydroxylation sites is 1. The molecule has 2 aliphatic heterocycles. The van der Waals surface area contributed by atoms with Gasteiger partial charge in [-0.05, 0) is 25.3 Å². The number of hydrogen-bond donors (Lipinski definition) is 0. The van der Waals surface area contributed by atoms with Crippen LogP contribution in [0, 0.1) is 0 Å². The van der Waals surface area contributed by atoms with Crippen molar-refractivity contribution in [2.75, 3.05) is 18.0 Å². The Morgan fingerprint density at radius 1 is 0.950 bits per heavy atom. The molecule has 2 aliphatic rings. The highest BCUT2D eigenvalue weighted by Crippen LogP contribution is 2.26. The van der Waals surface area contributed by atoms with Gasteiger partial charge in [-0.15, -0.1) is 10.2 Å². The lowest BCUT2D eigenvalue weighted by molar-refractivity contribution is 0.565. The maximum atomic E-state index is 4.45. The predicted octanol–water partition coefficient (Wildman–Crippen LogP) is 2.19. The van der Waals surface area contributed by atoms with E-state index in [-0.39, 0.29) is 0 Å². The number of piperidine rings is 1. The average molecular weight is 267 g/mol. The van der Waals surface area contributed by atoms with Crippen molar-refractivity contribution in [1.82, 2.24) is 14.8 Å². The number of fused-ring (bicyclic) bond motifs is 3. The number of anilines is 1. The molecular weight excluding hydrogens is 250 g/mol. The van der Waals surface area contributed by atoms with Gasteiger partial charge in [0.25, 0.3) is 0 Å². The largest absolute Gasteiger partial charge is 0.341 e. The second kappa shape index (κ2) is 4.74. The van der Waals surface area contributed by atoms with Crippen molar-refractivity contribution in [3.8, 4) is 5.69 Å². The van der Waals surface area contributed by atoms with E-state index >= 15 is 0 Å². The topological polar surface area (TPSA) is 46.3 Å². The van der Waals surface area contributed by atoms with Crippen LogP contribution in [0.5, 0.6) is 0 Å². The normalized spacial score (nSPS) is 17.5. The van der Waals surface area contributed by atoms with E-state index in [2.05, 4.69) is 42.9 Å². The Balaban J connectivity index is 1.86. The van der Waals surface area contributed by atoms with Gasteiger partial charge in [0.15, 0.2) is 5.82 Å². The van der Waals surface area contributed by atoms with Crippen molar-refractivity contribution in [2.24, 2.45) is 4.99 Å². The fraction of sp³-hybridized carbons (Fsp3) is 0.400. The standard InChI is InChI=1S/C15H17N5/c1-4-8-19(9-5-1)15-18-17-14-11-16-10-12-6-2-3-7-13(12)20(14)15/h2-3,6-7,10H,1,4-5,8-9,11H2. The first kappa shape index (κ1) is 11.6. The van der Waals surface area contributed by atoms with E-state index in [0.29, 0.717) is 6.54 Å². The molecule has 0 bridgehead atoms. The third-order valence-electron chi connectivity index (χ3n) is 3.99. The van der Waals surface area contributed by atoms with Gasteiger partial charge in [-0.25, -0.2) is 0 Å². The molecule has 0 spiro atoms. The summed E-state index contributed by atoms with van der Waals surface area (Å²) in [7, 11) is 0. The molecule has 1 aromatic heterocycles. The third kappa shape index (κ3) is 1.81. The highest BCUT2D eigenvalue weighted by atomic mass is 15.4. The summed E-state index contributed by atoms with van der Waals surface area (Å²) in [6.07, 6.45) is 5.72. The van der Waals surface area contributed by atoms with Crippen molar-refractivity contribution in [3.05, 3.63) is 35.7 Å². The van der Waals surface area contributed by atoms with Crippen molar-refractivity contribution in [1.29, 1.82) is 0 Å². The summed E-state index contributed by atoms with van der Waals surface area (Å²) in [5, 5.41) is 8.78. The molecule has 3 heterocycles. The van der Waals surface area contributed by atoms with Crippen LogP contribution in [0.3, 0.4) is 0 Å². The smallest absolute Gasteiger partial charge is 0.231 e. The van der Waals surface area contributed by atoms with E-state index in [1.807, 2.05) is 12.3 Å². The Bertz CT molecular complexity index is 652. The Morgan fingerprint density at radius 3 is 2.70 bits per heavy atom. The lowest BCUT2D eigenvalue weighted by atomic mass is 10.1. The minimum Gasteiger partial charge on any atom is -0.341 e. The molecule has 0 radical (unpaired) electrons. The summed E-state index contributed by atoms with van der Waals surface area (Å²) in [5.41, 5.74) is 2.26. The Labute approximate surface area is 118 Å². The maximum absolute atomic E-state index is 4.45. The first-order chi connectivity index (χ1) is 9.93. The maximum Gasteiger partial charge on any atom is 0.231 e. The summed E-state index contributed by atoms with van der Waals surface area (Å²) in [5.74, 6) is 1.89. The Kier molecular flexibility index (Phi) is 2.76. The summed E-state index contributed by atoms with van der Waals surface area (Å²) in [6, 6.07) is 8.31. The fourth-order valence-electron chi connectivity index (χ4n) is 2.98. The summed E-state index contributed by atoms with van der Waals surface area (Å²) in [6.45, 7) is 2.73. The lowest BCUT2D eigenvalue weighted by Crippen LogP contribution is -2.32. The van der Waals surface area contributed by atoms with Crippen molar-refractivity contribution in [2.45, 2.75) is 25.8 Å². The van der Waals surface area contributed by atoms with Gasteiger partial charge >= 0.3 is 0 Å². The molecule has 2 aromatic rings. The van der Waals surface area contributed by atoms with Gasteiger partial charge in [0.1, 0.15) is 0 Å². The molecule has 0 N–H and O–H groups in total. The van der Waals surface area contributed by atoms with E-state index in [1.165, 1.54) is 19.3 Å². The zero-order chi connectivity index (χ0) is 13.4. The van der Waals surface area contributed by atoms with Crippen LogP contribution >= 0.6 is 0 Å².